The number of benzene rings is 1. The molecule has 90 valence electrons. The number of rotatable bonds is 4. The molecule has 17 heavy (non-hydrogen) atoms. The summed E-state index contributed by atoms with van der Waals surface area (Å²) in [6.45, 7) is 3.76. The Hall–Kier alpha value is -0.770. The predicted molar refractivity (Wildman–Crippen MR) is 74.2 cm³/mol. The molecule has 0 aliphatic heterocycles. The number of nitrogens with one attached hydrogen (secondary N) is 1. The topological polar surface area (TPSA) is 25.2 Å². The maximum atomic E-state index is 5.95. The molecular weight excluding hydrogens is 302 g/mol. The van der Waals surface area contributed by atoms with E-state index in [4.69, 9.17) is 16.0 Å². The van der Waals surface area contributed by atoms with Gasteiger partial charge < -0.3 is 9.73 Å². The highest BCUT2D eigenvalue weighted by molar-refractivity contribution is 9.10. The molecule has 2 nitrogen and oxygen atoms in total. The SMILES string of the molecule is CCNCc1ccc(-c2ccc(Cl)c(Br)c2)o1. The van der Waals surface area contributed by atoms with Gasteiger partial charge in [0.05, 0.1) is 11.6 Å². The van der Waals surface area contributed by atoms with Crippen molar-refractivity contribution in [3.05, 3.63) is 45.6 Å². The highest BCUT2D eigenvalue weighted by atomic mass is 79.9. The van der Waals surface area contributed by atoms with Crippen LogP contribution in [-0.2, 0) is 6.54 Å². The average molecular weight is 315 g/mol. The predicted octanol–water partition coefficient (Wildman–Crippen LogP) is 4.47. The van der Waals surface area contributed by atoms with Crippen LogP contribution in [0.2, 0.25) is 5.02 Å². The van der Waals surface area contributed by atoms with Crippen LogP contribution in [0.5, 0.6) is 0 Å². The van der Waals surface area contributed by atoms with Gasteiger partial charge in [0.15, 0.2) is 0 Å². The second kappa shape index (κ2) is 5.71. The first-order valence-corrected chi connectivity index (χ1v) is 6.62. The van der Waals surface area contributed by atoms with Crippen molar-refractivity contribution in [1.29, 1.82) is 0 Å². The maximum absolute atomic E-state index is 5.95. The van der Waals surface area contributed by atoms with Crippen molar-refractivity contribution in [2.24, 2.45) is 0 Å². The van der Waals surface area contributed by atoms with Crippen LogP contribution in [0.25, 0.3) is 11.3 Å². The lowest BCUT2D eigenvalue weighted by molar-refractivity contribution is 0.498. The van der Waals surface area contributed by atoms with E-state index in [1.54, 1.807) is 0 Å². The van der Waals surface area contributed by atoms with Gasteiger partial charge in [0.2, 0.25) is 0 Å². The molecule has 2 rings (SSSR count). The average Bonchev–Trinajstić information content (AvgIpc) is 2.79. The van der Waals surface area contributed by atoms with Gasteiger partial charge in [-0.1, -0.05) is 18.5 Å². The van der Waals surface area contributed by atoms with Crippen molar-refractivity contribution in [3.8, 4) is 11.3 Å². The third kappa shape index (κ3) is 3.12. The van der Waals surface area contributed by atoms with E-state index in [9.17, 15) is 0 Å². The van der Waals surface area contributed by atoms with Crippen LogP contribution < -0.4 is 5.32 Å². The van der Waals surface area contributed by atoms with E-state index in [1.165, 1.54) is 0 Å². The zero-order valence-corrected chi connectivity index (χ0v) is 11.8. The van der Waals surface area contributed by atoms with Gasteiger partial charge in [-0.2, -0.15) is 0 Å². The summed E-state index contributed by atoms with van der Waals surface area (Å²) in [5, 5.41) is 3.93. The smallest absolute Gasteiger partial charge is 0.134 e. The Balaban J connectivity index is 2.21. The molecule has 0 unspecified atom stereocenters. The number of furan rings is 1. The molecular formula is C13H13BrClNO. The molecule has 0 atom stereocenters. The van der Waals surface area contributed by atoms with Crippen molar-refractivity contribution in [1.82, 2.24) is 5.32 Å². The van der Waals surface area contributed by atoms with Crippen molar-refractivity contribution in [2.75, 3.05) is 6.54 Å². The fourth-order valence-electron chi connectivity index (χ4n) is 1.53. The van der Waals surface area contributed by atoms with E-state index < -0.39 is 0 Å². The summed E-state index contributed by atoms with van der Waals surface area (Å²) in [6.07, 6.45) is 0. The minimum absolute atomic E-state index is 0.702. The summed E-state index contributed by atoms with van der Waals surface area (Å²) in [7, 11) is 0. The van der Waals surface area contributed by atoms with Crippen LogP contribution in [-0.4, -0.2) is 6.54 Å². The lowest BCUT2D eigenvalue weighted by Crippen LogP contribution is -2.10. The standard InChI is InChI=1S/C13H13BrClNO/c1-2-16-8-10-4-6-13(17-10)9-3-5-12(15)11(14)7-9/h3-7,16H,2,8H2,1H3. The van der Waals surface area contributed by atoms with E-state index in [1.807, 2.05) is 30.3 Å². The Bertz CT molecular complexity index is 510. The molecule has 0 aliphatic rings. The summed E-state index contributed by atoms with van der Waals surface area (Å²) in [5.74, 6) is 1.79. The minimum atomic E-state index is 0.702. The van der Waals surface area contributed by atoms with Crippen LogP contribution >= 0.6 is 27.5 Å². The minimum Gasteiger partial charge on any atom is -0.460 e. The summed E-state index contributed by atoms with van der Waals surface area (Å²) in [5.41, 5.74) is 1.02. The zero-order valence-electron chi connectivity index (χ0n) is 9.47. The fraction of sp³-hybridized carbons (Fsp3) is 0.231. The zero-order chi connectivity index (χ0) is 12.3. The molecule has 1 N–H and O–H groups in total. The van der Waals surface area contributed by atoms with Crippen molar-refractivity contribution in [3.63, 3.8) is 0 Å². The second-order valence-electron chi connectivity index (χ2n) is 3.68. The van der Waals surface area contributed by atoms with Crippen molar-refractivity contribution >= 4 is 27.5 Å². The molecule has 4 heteroatoms. The molecule has 0 spiro atoms. The third-order valence-corrected chi connectivity index (χ3v) is 3.63. The van der Waals surface area contributed by atoms with Crippen LogP contribution in [0.15, 0.2) is 39.2 Å². The Kier molecular flexibility index (Phi) is 4.26. The Morgan fingerprint density at radius 3 is 2.82 bits per heavy atom. The molecule has 0 fully saturated rings. The summed E-state index contributed by atoms with van der Waals surface area (Å²) >= 11 is 9.36. The maximum Gasteiger partial charge on any atom is 0.134 e. The first kappa shape index (κ1) is 12.7. The molecule has 0 saturated carbocycles. The summed E-state index contributed by atoms with van der Waals surface area (Å²) < 4.78 is 6.62. The fourth-order valence-corrected chi connectivity index (χ4v) is 2.02. The van der Waals surface area contributed by atoms with Crippen LogP contribution in [0.4, 0.5) is 0 Å². The van der Waals surface area contributed by atoms with Crippen LogP contribution in [0, 0.1) is 0 Å². The number of hydrogen-bond acceptors (Lipinski definition) is 2. The highest BCUT2D eigenvalue weighted by Crippen LogP contribution is 2.29. The van der Waals surface area contributed by atoms with Gasteiger partial charge in [0.1, 0.15) is 11.5 Å². The summed E-state index contributed by atoms with van der Waals surface area (Å²) in [4.78, 5) is 0. The molecule has 0 amide bonds. The first-order valence-electron chi connectivity index (χ1n) is 5.45. The molecule has 1 aromatic heterocycles. The number of hydrogen-bond donors (Lipinski definition) is 1. The normalized spacial score (nSPS) is 10.8. The van der Waals surface area contributed by atoms with Gasteiger partial charge in [0, 0.05) is 10.0 Å². The van der Waals surface area contributed by atoms with E-state index in [0.29, 0.717) is 5.02 Å². The molecule has 2 aromatic rings. The van der Waals surface area contributed by atoms with Gasteiger partial charge in [-0.05, 0) is 52.8 Å². The van der Waals surface area contributed by atoms with E-state index in [2.05, 4.69) is 28.2 Å². The summed E-state index contributed by atoms with van der Waals surface area (Å²) in [6, 6.07) is 9.72. The van der Waals surface area contributed by atoms with Gasteiger partial charge in [-0.25, -0.2) is 0 Å². The molecule has 0 aliphatic carbocycles. The van der Waals surface area contributed by atoms with Crippen LogP contribution in [0.1, 0.15) is 12.7 Å². The molecule has 1 aromatic carbocycles. The lowest BCUT2D eigenvalue weighted by atomic mass is 10.2. The van der Waals surface area contributed by atoms with E-state index >= 15 is 0 Å². The second-order valence-corrected chi connectivity index (χ2v) is 4.94. The van der Waals surface area contributed by atoms with Gasteiger partial charge in [0.25, 0.3) is 0 Å². The Labute approximate surface area is 114 Å². The highest BCUT2D eigenvalue weighted by Gasteiger charge is 2.06. The molecule has 1 heterocycles. The van der Waals surface area contributed by atoms with Gasteiger partial charge in [-0.15, -0.1) is 0 Å². The first-order chi connectivity index (χ1) is 8.20. The van der Waals surface area contributed by atoms with Crippen LogP contribution in [0.3, 0.4) is 0 Å². The third-order valence-electron chi connectivity index (χ3n) is 2.42. The molecule has 0 radical (unpaired) electrons. The van der Waals surface area contributed by atoms with Gasteiger partial charge >= 0.3 is 0 Å². The number of halogens is 2. The quantitative estimate of drug-likeness (QED) is 0.900. The van der Waals surface area contributed by atoms with Gasteiger partial charge in [-0.3, -0.25) is 0 Å². The Morgan fingerprint density at radius 2 is 2.12 bits per heavy atom. The van der Waals surface area contributed by atoms with E-state index in [-0.39, 0.29) is 0 Å². The molecule has 0 bridgehead atoms. The van der Waals surface area contributed by atoms with Crippen molar-refractivity contribution in [2.45, 2.75) is 13.5 Å². The van der Waals surface area contributed by atoms with E-state index in [0.717, 1.165) is 34.6 Å². The lowest BCUT2D eigenvalue weighted by Gasteiger charge is -2.01. The Morgan fingerprint density at radius 1 is 1.29 bits per heavy atom. The monoisotopic (exact) mass is 313 g/mol. The largest absolute Gasteiger partial charge is 0.460 e. The molecule has 0 saturated heterocycles. The van der Waals surface area contributed by atoms with Crippen molar-refractivity contribution < 1.29 is 4.42 Å².